The largest absolute Gasteiger partial charge is 0.508 e. The summed E-state index contributed by atoms with van der Waals surface area (Å²) >= 11 is 0. The molecule has 2 aromatic carbocycles. The van der Waals surface area contributed by atoms with Gasteiger partial charge in [0, 0.05) is 6.54 Å². The van der Waals surface area contributed by atoms with Crippen molar-refractivity contribution in [2.24, 2.45) is 0 Å². The molecular formula is C19H23NO3. The van der Waals surface area contributed by atoms with E-state index in [4.69, 9.17) is 4.74 Å². The van der Waals surface area contributed by atoms with Gasteiger partial charge >= 0.3 is 0 Å². The van der Waals surface area contributed by atoms with Crippen molar-refractivity contribution in [3.05, 3.63) is 59.7 Å². The Labute approximate surface area is 137 Å². The van der Waals surface area contributed by atoms with Crippen LogP contribution in [-0.2, 0) is 17.6 Å². The van der Waals surface area contributed by atoms with E-state index in [-0.39, 0.29) is 11.7 Å². The second kappa shape index (κ2) is 8.83. The van der Waals surface area contributed by atoms with Gasteiger partial charge in [-0.1, -0.05) is 31.2 Å². The van der Waals surface area contributed by atoms with Gasteiger partial charge in [-0.2, -0.15) is 0 Å². The Bertz CT molecular complexity index is 606. The van der Waals surface area contributed by atoms with E-state index in [1.54, 1.807) is 12.1 Å². The Hall–Kier alpha value is -2.49. The van der Waals surface area contributed by atoms with Crippen LogP contribution in [0, 0.1) is 0 Å². The fourth-order valence-electron chi connectivity index (χ4n) is 2.18. The summed E-state index contributed by atoms with van der Waals surface area (Å²) in [4.78, 5) is 11.7. The zero-order valence-corrected chi connectivity index (χ0v) is 13.4. The summed E-state index contributed by atoms with van der Waals surface area (Å²) in [6.45, 7) is 3.06. The maximum Gasteiger partial charge on any atom is 0.223 e. The van der Waals surface area contributed by atoms with Crippen LogP contribution in [0.25, 0.3) is 0 Å². The number of rotatable bonds is 8. The fraction of sp³-hybridized carbons (Fsp3) is 0.316. The molecule has 0 aliphatic rings. The molecule has 0 fully saturated rings. The van der Waals surface area contributed by atoms with Crippen molar-refractivity contribution in [3.8, 4) is 11.5 Å². The molecule has 0 atom stereocenters. The van der Waals surface area contributed by atoms with Crippen LogP contribution < -0.4 is 10.1 Å². The Balaban J connectivity index is 1.62. The lowest BCUT2D eigenvalue weighted by molar-refractivity contribution is -0.121. The third-order valence-electron chi connectivity index (χ3n) is 3.60. The summed E-state index contributed by atoms with van der Waals surface area (Å²) in [7, 11) is 0. The van der Waals surface area contributed by atoms with Gasteiger partial charge in [0.2, 0.25) is 5.91 Å². The van der Waals surface area contributed by atoms with Gasteiger partial charge in [0.15, 0.2) is 0 Å². The van der Waals surface area contributed by atoms with Crippen molar-refractivity contribution in [3.63, 3.8) is 0 Å². The Morgan fingerprint density at radius 1 is 1.04 bits per heavy atom. The summed E-state index contributed by atoms with van der Waals surface area (Å²) in [6.07, 6.45) is 2.08. The number of hydrogen-bond acceptors (Lipinski definition) is 3. The highest BCUT2D eigenvalue weighted by Crippen LogP contribution is 2.12. The maximum absolute atomic E-state index is 11.7. The van der Waals surface area contributed by atoms with Crippen LogP contribution in [0.15, 0.2) is 48.5 Å². The van der Waals surface area contributed by atoms with Gasteiger partial charge in [0.25, 0.3) is 0 Å². The summed E-state index contributed by atoms with van der Waals surface area (Å²) in [5, 5.41) is 12.1. The number of hydrogen-bond donors (Lipinski definition) is 2. The van der Waals surface area contributed by atoms with Crippen molar-refractivity contribution >= 4 is 5.91 Å². The van der Waals surface area contributed by atoms with Crippen LogP contribution in [0.3, 0.4) is 0 Å². The number of aromatic hydroxyl groups is 1. The lowest BCUT2D eigenvalue weighted by Gasteiger charge is -2.08. The van der Waals surface area contributed by atoms with Gasteiger partial charge in [0.1, 0.15) is 11.5 Å². The molecule has 122 valence electrons. The minimum absolute atomic E-state index is 0.0195. The van der Waals surface area contributed by atoms with E-state index in [0.29, 0.717) is 19.6 Å². The van der Waals surface area contributed by atoms with Gasteiger partial charge in [-0.3, -0.25) is 4.79 Å². The predicted molar refractivity (Wildman–Crippen MR) is 90.8 cm³/mol. The number of amides is 1. The average Bonchev–Trinajstić information content (AvgIpc) is 2.57. The van der Waals surface area contributed by atoms with Crippen LogP contribution >= 0.6 is 0 Å². The normalized spacial score (nSPS) is 10.3. The molecule has 0 bridgehead atoms. The van der Waals surface area contributed by atoms with E-state index < -0.39 is 0 Å². The van der Waals surface area contributed by atoms with Crippen LogP contribution in [0.2, 0.25) is 0 Å². The van der Waals surface area contributed by atoms with Crippen molar-refractivity contribution in [2.45, 2.75) is 26.2 Å². The Morgan fingerprint density at radius 2 is 1.70 bits per heavy atom. The minimum Gasteiger partial charge on any atom is -0.508 e. The lowest BCUT2D eigenvalue weighted by Crippen LogP contribution is -2.27. The Kier molecular flexibility index (Phi) is 6.48. The third kappa shape index (κ3) is 6.02. The maximum atomic E-state index is 11.7. The van der Waals surface area contributed by atoms with E-state index in [9.17, 15) is 9.90 Å². The molecule has 2 rings (SSSR count). The topological polar surface area (TPSA) is 58.6 Å². The number of ether oxygens (including phenoxy) is 1. The van der Waals surface area contributed by atoms with E-state index in [1.165, 1.54) is 5.56 Å². The first kappa shape index (κ1) is 16.9. The molecule has 0 aromatic heterocycles. The molecule has 0 heterocycles. The highest BCUT2D eigenvalue weighted by atomic mass is 16.5. The van der Waals surface area contributed by atoms with Gasteiger partial charge < -0.3 is 15.2 Å². The average molecular weight is 313 g/mol. The lowest BCUT2D eigenvalue weighted by atomic mass is 10.1. The van der Waals surface area contributed by atoms with Crippen molar-refractivity contribution in [2.75, 3.05) is 13.2 Å². The minimum atomic E-state index is -0.0195. The number of phenols is 1. The van der Waals surface area contributed by atoms with E-state index in [2.05, 4.69) is 12.2 Å². The molecule has 1 amide bonds. The second-order valence-electron chi connectivity index (χ2n) is 5.36. The molecule has 0 radical (unpaired) electrons. The number of carbonyl (C=O) groups is 1. The third-order valence-corrected chi connectivity index (χ3v) is 3.60. The molecule has 0 saturated carbocycles. The highest BCUT2D eigenvalue weighted by Gasteiger charge is 2.02. The molecule has 4 heteroatoms. The summed E-state index contributed by atoms with van der Waals surface area (Å²) in [6, 6.07) is 14.9. The molecule has 23 heavy (non-hydrogen) atoms. The molecule has 0 spiro atoms. The van der Waals surface area contributed by atoms with E-state index >= 15 is 0 Å². The zero-order chi connectivity index (χ0) is 16.5. The number of aryl methyl sites for hydroxylation is 1. The first-order valence-corrected chi connectivity index (χ1v) is 7.93. The number of carbonyl (C=O) groups excluding carboxylic acids is 1. The molecule has 2 N–H and O–H groups in total. The van der Waals surface area contributed by atoms with Crippen LogP contribution in [-0.4, -0.2) is 24.2 Å². The quantitative estimate of drug-likeness (QED) is 0.787. The van der Waals surface area contributed by atoms with Gasteiger partial charge in [-0.05, 0) is 48.2 Å². The SMILES string of the molecule is CCc1ccc(OCCC(=O)NCCc2ccc(O)cc2)cc1. The predicted octanol–water partition coefficient (Wildman–Crippen LogP) is 3.08. The van der Waals surface area contributed by atoms with Crippen molar-refractivity contribution in [1.82, 2.24) is 5.32 Å². The Morgan fingerprint density at radius 3 is 2.35 bits per heavy atom. The van der Waals surface area contributed by atoms with Gasteiger partial charge in [0.05, 0.1) is 13.0 Å². The smallest absolute Gasteiger partial charge is 0.223 e. The number of phenolic OH excluding ortho intramolecular Hbond substituents is 1. The molecule has 2 aromatic rings. The summed E-state index contributed by atoms with van der Waals surface area (Å²) in [5.41, 5.74) is 2.35. The van der Waals surface area contributed by atoms with Crippen LogP contribution in [0.5, 0.6) is 11.5 Å². The van der Waals surface area contributed by atoms with Crippen molar-refractivity contribution in [1.29, 1.82) is 0 Å². The molecule has 0 aliphatic heterocycles. The zero-order valence-electron chi connectivity index (χ0n) is 13.4. The summed E-state index contributed by atoms with van der Waals surface area (Å²) < 4.78 is 5.57. The first-order valence-electron chi connectivity index (χ1n) is 7.93. The van der Waals surface area contributed by atoms with Crippen molar-refractivity contribution < 1.29 is 14.6 Å². The number of nitrogens with one attached hydrogen (secondary N) is 1. The summed E-state index contributed by atoms with van der Waals surface area (Å²) in [5.74, 6) is 1.02. The molecule has 0 aliphatic carbocycles. The number of benzene rings is 2. The fourth-order valence-corrected chi connectivity index (χ4v) is 2.18. The van der Waals surface area contributed by atoms with Crippen LogP contribution in [0.1, 0.15) is 24.5 Å². The van der Waals surface area contributed by atoms with Gasteiger partial charge in [-0.15, -0.1) is 0 Å². The van der Waals surface area contributed by atoms with Gasteiger partial charge in [-0.25, -0.2) is 0 Å². The first-order chi connectivity index (χ1) is 11.2. The van der Waals surface area contributed by atoms with E-state index in [1.807, 2.05) is 36.4 Å². The molecular weight excluding hydrogens is 290 g/mol. The molecule has 0 saturated heterocycles. The molecule has 0 unspecified atom stereocenters. The van der Waals surface area contributed by atoms with Crippen LogP contribution in [0.4, 0.5) is 0 Å². The second-order valence-corrected chi connectivity index (χ2v) is 5.36. The molecule has 4 nitrogen and oxygen atoms in total. The monoisotopic (exact) mass is 313 g/mol. The standard InChI is InChI=1S/C19H23NO3/c1-2-15-5-9-18(10-6-15)23-14-12-19(22)20-13-11-16-3-7-17(21)8-4-16/h3-10,21H,2,11-14H2,1H3,(H,20,22). The highest BCUT2D eigenvalue weighted by molar-refractivity contribution is 5.75. The van der Waals surface area contributed by atoms with E-state index in [0.717, 1.165) is 24.2 Å².